The van der Waals surface area contributed by atoms with Crippen molar-refractivity contribution < 1.29 is 0 Å². The molecule has 0 bridgehead atoms. The molecule has 1 atom stereocenters. The molecule has 9 nitrogen and oxygen atoms in total. The van der Waals surface area contributed by atoms with E-state index < -0.39 is 0 Å². The number of pyridine rings is 3. The van der Waals surface area contributed by atoms with Crippen LogP contribution in [0.25, 0.3) is 22.2 Å². The Balaban J connectivity index is 1.69. The Bertz CT molecular complexity index is 1150. The van der Waals surface area contributed by atoms with Crippen LogP contribution >= 0.6 is 0 Å². The molecule has 148 valence electrons. The summed E-state index contributed by atoms with van der Waals surface area (Å²) in [6.07, 6.45) is 6.17. The van der Waals surface area contributed by atoms with Crippen molar-refractivity contribution in [2.45, 2.75) is 19.4 Å². The monoisotopic (exact) mass is 389 g/mol. The van der Waals surface area contributed by atoms with Gasteiger partial charge in [0.1, 0.15) is 23.1 Å². The summed E-state index contributed by atoms with van der Waals surface area (Å²) >= 11 is 0. The highest BCUT2D eigenvalue weighted by Gasteiger charge is 2.12. The Hall–Kier alpha value is -3.59. The second kappa shape index (κ2) is 7.80. The second-order valence-corrected chi connectivity index (χ2v) is 6.78. The van der Waals surface area contributed by atoms with Crippen LogP contribution in [-0.2, 0) is 7.05 Å². The normalized spacial score (nSPS) is 12.2. The van der Waals surface area contributed by atoms with Gasteiger partial charge in [-0.2, -0.15) is 0 Å². The Kier molecular flexibility index (Phi) is 5.05. The summed E-state index contributed by atoms with van der Waals surface area (Å²) in [5, 5.41) is 16.2. The summed E-state index contributed by atoms with van der Waals surface area (Å²) in [5.41, 5.74) is 8.83. The van der Waals surface area contributed by atoms with Gasteiger partial charge in [-0.05, 0) is 48.7 Å². The molecule has 0 saturated heterocycles. The number of fused-ring (bicyclic) bond motifs is 1. The van der Waals surface area contributed by atoms with Crippen LogP contribution in [0.2, 0.25) is 0 Å². The molecule has 9 heteroatoms. The molecule has 0 aromatic carbocycles. The average Bonchev–Trinajstić information content (AvgIpc) is 3.15. The summed E-state index contributed by atoms with van der Waals surface area (Å²) in [4.78, 5) is 13.4. The summed E-state index contributed by atoms with van der Waals surface area (Å²) in [5.74, 6) is 1.83. The second-order valence-electron chi connectivity index (χ2n) is 6.78. The van der Waals surface area contributed by atoms with Crippen molar-refractivity contribution in [1.82, 2.24) is 35.3 Å². The molecular weight excluding hydrogens is 366 g/mol. The average molecular weight is 389 g/mol. The predicted octanol–water partition coefficient (Wildman–Crippen LogP) is 2.82. The highest BCUT2D eigenvalue weighted by Crippen LogP contribution is 2.28. The van der Waals surface area contributed by atoms with Gasteiger partial charge in [0.15, 0.2) is 0 Å². The maximum atomic E-state index is 6.16. The molecule has 0 unspecified atom stereocenters. The Morgan fingerprint density at radius 3 is 2.69 bits per heavy atom. The lowest BCUT2D eigenvalue weighted by molar-refractivity contribution is 0.576. The van der Waals surface area contributed by atoms with Crippen LogP contribution in [0.5, 0.6) is 0 Å². The van der Waals surface area contributed by atoms with Crippen molar-refractivity contribution >= 4 is 28.2 Å². The van der Waals surface area contributed by atoms with Crippen LogP contribution in [0.3, 0.4) is 0 Å². The first-order valence-corrected chi connectivity index (χ1v) is 9.40. The number of nitrogens with zero attached hydrogens (tertiary/aromatic N) is 6. The number of nitrogens with one attached hydrogen (secondary N) is 2. The highest BCUT2D eigenvalue weighted by molar-refractivity contribution is 5.94. The summed E-state index contributed by atoms with van der Waals surface area (Å²) in [6.45, 7) is 2.15. The summed E-state index contributed by atoms with van der Waals surface area (Å²) < 4.78 is 1.66. The van der Waals surface area contributed by atoms with E-state index in [0.717, 1.165) is 28.7 Å². The molecule has 4 N–H and O–H groups in total. The zero-order valence-electron chi connectivity index (χ0n) is 16.6. The van der Waals surface area contributed by atoms with Crippen LogP contribution < -0.4 is 16.4 Å². The minimum absolute atomic E-state index is 0.282. The molecule has 0 aliphatic rings. The van der Waals surface area contributed by atoms with Crippen molar-refractivity contribution in [3.05, 3.63) is 48.4 Å². The van der Waals surface area contributed by atoms with Gasteiger partial charge in [-0.1, -0.05) is 12.1 Å². The summed E-state index contributed by atoms with van der Waals surface area (Å²) in [7, 11) is 3.78. The molecule has 0 radical (unpaired) electrons. The van der Waals surface area contributed by atoms with Crippen LogP contribution in [0.1, 0.15) is 24.9 Å². The zero-order valence-corrected chi connectivity index (χ0v) is 16.6. The third-order valence-electron chi connectivity index (χ3n) is 4.92. The number of hydrogen-bond donors (Lipinski definition) is 3. The van der Waals surface area contributed by atoms with Gasteiger partial charge >= 0.3 is 0 Å². The molecule has 4 aromatic rings. The van der Waals surface area contributed by atoms with E-state index in [4.69, 9.17) is 5.73 Å². The summed E-state index contributed by atoms with van der Waals surface area (Å²) in [6, 6.07) is 8.22. The van der Waals surface area contributed by atoms with Crippen LogP contribution in [0, 0.1) is 0 Å². The SMILES string of the molecule is CC[C@@H](NC)c1ccnc(Nc2cc3cc(-c4cnnn4C)nc(N)c3cn2)c1. The maximum absolute atomic E-state index is 6.16. The molecule has 0 aliphatic carbocycles. The number of rotatable bonds is 6. The highest BCUT2D eigenvalue weighted by atomic mass is 15.4. The molecule has 0 saturated carbocycles. The van der Waals surface area contributed by atoms with Gasteiger partial charge in [-0.3, -0.25) is 0 Å². The van der Waals surface area contributed by atoms with E-state index in [2.05, 4.69) is 42.8 Å². The lowest BCUT2D eigenvalue weighted by atomic mass is 10.1. The number of anilines is 3. The van der Waals surface area contributed by atoms with Crippen molar-refractivity contribution in [1.29, 1.82) is 0 Å². The molecule has 0 amide bonds. The van der Waals surface area contributed by atoms with Gasteiger partial charge in [0.2, 0.25) is 0 Å². The topological polar surface area (TPSA) is 119 Å². The maximum Gasteiger partial charge on any atom is 0.133 e. The molecule has 0 fully saturated rings. The lowest BCUT2D eigenvalue weighted by Gasteiger charge is -2.15. The molecule has 4 rings (SSSR count). The predicted molar refractivity (Wildman–Crippen MR) is 114 cm³/mol. The van der Waals surface area contributed by atoms with Crippen LogP contribution in [0.4, 0.5) is 17.5 Å². The third kappa shape index (κ3) is 3.72. The smallest absolute Gasteiger partial charge is 0.133 e. The molecular formula is C20H23N9. The van der Waals surface area contributed by atoms with Gasteiger partial charge in [0, 0.05) is 30.9 Å². The zero-order chi connectivity index (χ0) is 20.4. The minimum atomic E-state index is 0.282. The number of aromatic nitrogens is 6. The first-order chi connectivity index (χ1) is 14.1. The van der Waals surface area contributed by atoms with Crippen molar-refractivity contribution in [2.24, 2.45) is 7.05 Å². The van der Waals surface area contributed by atoms with E-state index in [9.17, 15) is 0 Å². The fraction of sp³-hybridized carbons (Fsp3) is 0.250. The van der Waals surface area contributed by atoms with Gasteiger partial charge in [-0.15, -0.1) is 5.10 Å². The van der Waals surface area contributed by atoms with Gasteiger partial charge in [0.25, 0.3) is 0 Å². The van der Waals surface area contributed by atoms with E-state index in [1.807, 2.05) is 38.4 Å². The standard InChI is InChI=1S/C20H23N9/c1-4-15(22-2)12-5-6-23-18(8-12)27-19-9-13-7-16(17-11-25-28-29(17)3)26-20(21)14(13)10-24-19/h5-11,15,22H,4H2,1-3H3,(H2,21,26)(H,23,24,27)/t15-/m1/s1. The molecule has 4 heterocycles. The number of aryl methyl sites for hydroxylation is 1. The molecule has 0 aliphatic heterocycles. The Labute approximate surface area is 168 Å². The molecule has 4 aromatic heterocycles. The fourth-order valence-corrected chi connectivity index (χ4v) is 3.36. The van der Waals surface area contributed by atoms with Crippen molar-refractivity contribution in [3.8, 4) is 11.4 Å². The minimum Gasteiger partial charge on any atom is -0.383 e. The van der Waals surface area contributed by atoms with E-state index >= 15 is 0 Å². The van der Waals surface area contributed by atoms with Crippen LogP contribution in [0.15, 0.2) is 42.9 Å². The van der Waals surface area contributed by atoms with E-state index in [1.165, 1.54) is 5.56 Å². The first kappa shape index (κ1) is 18.8. The van der Waals surface area contributed by atoms with E-state index in [1.54, 1.807) is 23.3 Å². The van der Waals surface area contributed by atoms with Crippen LogP contribution in [-0.4, -0.2) is 37.0 Å². The Morgan fingerprint density at radius 1 is 1.14 bits per heavy atom. The lowest BCUT2D eigenvalue weighted by Crippen LogP contribution is -2.15. The van der Waals surface area contributed by atoms with Crippen molar-refractivity contribution in [3.63, 3.8) is 0 Å². The van der Waals surface area contributed by atoms with E-state index in [-0.39, 0.29) is 6.04 Å². The first-order valence-electron chi connectivity index (χ1n) is 9.40. The molecule has 29 heavy (non-hydrogen) atoms. The largest absolute Gasteiger partial charge is 0.383 e. The van der Waals surface area contributed by atoms with E-state index in [0.29, 0.717) is 17.3 Å². The Morgan fingerprint density at radius 2 is 1.97 bits per heavy atom. The quantitative estimate of drug-likeness (QED) is 0.460. The van der Waals surface area contributed by atoms with Gasteiger partial charge in [-0.25, -0.2) is 19.6 Å². The fourth-order valence-electron chi connectivity index (χ4n) is 3.36. The number of nitrogen functional groups attached to an aromatic ring is 1. The number of nitrogens with two attached hydrogens (primary N) is 1. The van der Waals surface area contributed by atoms with Crippen molar-refractivity contribution in [2.75, 3.05) is 18.1 Å². The number of hydrogen-bond acceptors (Lipinski definition) is 8. The molecule has 0 spiro atoms. The van der Waals surface area contributed by atoms with Gasteiger partial charge < -0.3 is 16.4 Å². The van der Waals surface area contributed by atoms with Gasteiger partial charge in [0.05, 0.1) is 11.9 Å². The third-order valence-corrected chi connectivity index (χ3v) is 4.92.